The second kappa shape index (κ2) is 12.9. The Labute approximate surface area is 223 Å². The first-order chi connectivity index (χ1) is 18.3. The van der Waals surface area contributed by atoms with Gasteiger partial charge in [-0.05, 0) is 75.3 Å². The summed E-state index contributed by atoms with van der Waals surface area (Å²) in [5, 5.41) is 10.3. The van der Waals surface area contributed by atoms with Crippen LogP contribution in [0.5, 0.6) is 0 Å². The van der Waals surface area contributed by atoms with E-state index in [0.29, 0.717) is 6.42 Å². The zero-order chi connectivity index (χ0) is 27.1. The second-order valence-electron chi connectivity index (χ2n) is 10.9. The van der Waals surface area contributed by atoms with E-state index in [9.17, 15) is 8.78 Å². The summed E-state index contributed by atoms with van der Waals surface area (Å²) in [6.45, 7) is 4.40. The van der Waals surface area contributed by atoms with E-state index in [1.807, 2.05) is 12.1 Å². The Balaban J connectivity index is 0.00000107. The Morgan fingerprint density at radius 2 is 2.05 bits per heavy atom. The molecule has 0 radical (unpaired) electrons. The number of carbonyl (C=O) groups is 1. The van der Waals surface area contributed by atoms with Crippen molar-refractivity contribution in [3.8, 4) is 0 Å². The van der Waals surface area contributed by atoms with Crippen LogP contribution in [0.2, 0.25) is 0 Å². The van der Waals surface area contributed by atoms with Crippen LogP contribution in [0, 0.1) is 5.92 Å². The number of pyridine rings is 2. The van der Waals surface area contributed by atoms with Crippen molar-refractivity contribution in [1.82, 2.24) is 14.9 Å². The zero-order valence-electron chi connectivity index (χ0n) is 22.1. The normalized spacial score (nSPS) is 22.3. The molecule has 0 spiro atoms. The van der Waals surface area contributed by atoms with E-state index in [-0.39, 0.29) is 37.2 Å². The van der Waals surface area contributed by atoms with E-state index in [0.717, 1.165) is 80.9 Å². The van der Waals surface area contributed by atoms with Gasteiger partial charge >= 0.3 is 0 Å². The number of halogens is 3. The summed E-state index contributed by atoms with van der Waals surface area (Å²) in [6, 6.07) is 8.25. The van der Waals surface area contributed by atoms with Gasteiger partial charge in [0.2, 0.25) is 5.92 Å². The average Bonchev–Trinajstić information content (AvgIpc) is 3.40. The van der Waals surface area contributed by atoms with Crippen molar-refractivity contribution in [1.29, 1.82) is 0 Å². The van der Waals surface area contributed by atoms with Crippen LogP contribution in [0.3, 0.4) is 0 Å². The van der Waals surface area contributed by atoms with Gasteiger partial charge in [0.1, 0.15) is 12.0 Å². The highest BCUT2D eigenvalue weighted by Gasteiger charge is 2.47. The SMILES string of the molecule is CC(c1cccnc1C1CC(F)(F)C1)N1CCC(C(F)CCCCc2ccc3c(n2)NCCC3)C1.O=CO. The number of unbranched alkanes of at least 4 members (excludes halogenated alkanes) is 1. The van der Waals surface area contributed by atoms with Crippen LogP contribution in [0.1, 0.15) is 86.3 Å². The van der Waals surface area contributed by atoms with Gasteiger partial charge < -0.3 is 10.4 Å². The van der Waals surface area contributed by atoms with Crippen molar-refractivity contribution in [2.24, 2.45) is 5.92 Å². The number of rotatable bonds is 9. The number of nitrogens with one attached hydrogen (secondary N) is 1. The quantitative estimate of drug-likeness (QED) is 0.297. The molecule has 5 rings (SSSR count). The van der Waals surface area contributed by atoms with Gasteiger partial charge in [0.25, 0.3) is 6.47 Å². The van der Waals surface area contributed by atoms with Crippen LogP contribution in [0.4, 0.5) is 19.0 Å². The second-order valence-corrected chi connectivity index (χ2v) is 10.9. The number of alkyl halides is 3. The Morgan fingerprint density at radius 1 is 1.26 bits per heavy atom. The molecule has 1 saturated heterocycles. The molecule has 0 aromatic carbocycles. The molecule has 2 aromatic rings. The molecule has 1 aliphatic carbocycles. The number of hydrogen-bond donors (Lipinski definition) is 2. The van der Waals surface area contributed by atoms with E-state index >= 15 is 4.39 Å². The highest BCUT2D eigenvalue weighted by atomic mass is 19.3. The highest BCUT2D eigenvalue weighted by Crippen LogP contribution is 2.49. The fraction of sp³-hybridized carbons (Fsp3) is 0.621. The molecule has 3 aliphatic rings. The van der Waals surface area contributed by atoms with E-state index in [1.54, 1.807) is 6.20 Å². The maximum atomic E-state index is 15.1. The Bertz CT molecular complexity index is 1060. The first-order valence-electron chi connectivity index (χ1n) is 13.8. The fourth-order valence-corrected chi connectivity index (χ4v) is 6.03. The molecule has 4 heterocycles. The number of likely N-dealkylation sites (tertiary alicyclic amines) is 1. The van der Waals surface area contributed by atoms with Crippen LogP contribution in [-0.2, 0) is 17.6 Å². The minimum atomic E-state index is -2.56. The molecule has 3 atom stereocenters. The number of nitrogens with zero attached hydrogens (tertiary/aromatic N) is 3. The van der Waals surface area contributed by atoms with Gasteiger partial charge in [0.05, 0.1) is 0 Å². The monoisotopic (exact) mass is 532 g/mol. The lowest BCUT2D eigenvalue weighted by Gasteiger charge is -2.37. The van der Waals surface area contributed by atoms with Crippen molar-refractivity contribution in [2.75, 3.05) is 25.0 Å². The molecular formula is C29H39F3N4O2. The molecule has 208 valence electrons. The maximum absolute atomic E-state index is 15.1. The van der Waals surface area contributed by atoms with Crippen molar-refractivity contribution >= 4 is 12.3 Å². The van der Waals surface area contributed by atoms with E-state index in [4.69, 9.17) is 14.9 Å². The Hall–Kier alpha value is -2.68. The van der Waals surface area contributed by atoms with Gasteiger partial charge in [-0.3, -0.25) is 14.7 Å². The van der Waals surface area contributed by atoms with Gasteiger partial charge in [-0.1, -0.05) is 18.6 Å². The van der Waals surface area contributed by atoms with Crippen molar-refractivity contribution < 1.29 is 23.1 Å². The number of aromatic nitrogens is 2. The Morgan fingerprint density at radius 3 is 2.82 bits per heavy atom. The predicted octanol–water partition coefficient (Wildman–Crippen LogP) is 6.18. The smallest absolute Gasteiger partial charge is 0.290 e. The lowest BCUT2D eigenvalue weighted by Crippen LogP contribution is -2.35. The lowest BCUT2D eigenvalue weighted by molar-refractivity contribution is -0.122. The molecule has 0 bridgehead atoms. The highest BCUT2D eigenvalue weighted by molar-refractivity contribution is 5.47. The number of anilines is 1. The summed E-state index contributed by atoms with van der Waals surface area (Å²) in [7, 11) is 0. The number of aryl methyl sites for hydroxylation is 2. The molecule has 38 heavy (non-hydrogen) atoms. The van der Waals surface area contributed by atoms with Crippen molar-refractivity contribution in [3.05, 3.63) is 53.0 Å². The molecule has 2 aromatic heterocycles. The third kappa shape index (κ3) is 7.04. The fourth-order valence-electron chi connectivity index (χ4n) is 6.03. The van der Waals surface area contributed by atoms with Gasteiger partial charge in [0.15, 0.2) is 0 Å². The molecule has 2 N–H and O–H groups in total. The number of hydrogen-bond acceptors (Lipinski definition) is 5. The van der Waals surface area contributed by atoms with Gasteiger partial charge in [0, 0.05) is 61.4 Å². The molecule has 3 unspecified atom stereocenters. The predicted molar refractivity (Wildman–Crippen MR) is 141 cm³/mol. The third-order valence-corrected chi connectivity index (χ3v) is 8.23. The third-order valence-electron chi connectivity index (χ3n) is 8.23. The standard InChI is InChI=1S/C28H37F3N4.CH2O2/c1-19(24-8-5-13-32-26(24)22-16-28(30,31)17-22)35-15-12-21(18-35)25(29)9-3-2-7-23-11-10-20-6-4-14-33-27(20)34-23;2-1-3/h5,8,10-11,13,19,21-22,25H,2-4,6-7,9,12,14-18H2,1H3,(H,33,34);1H,(H,2,3). The summed E-state index contributed by atoms with van der Waals surface area (Å²) in [5.41, 5.74) is 4.21. The summed E-state index contributed by atoms with van der Waals surface area (Å²) in [6.07, 6.45) is 7.05. The van der Waals surface area contributed by atoms with E-state index < -0.39 is 12.1 Å². The summed E-state index contributed by atoms with van der Waals surface area (Å²) in [4.78, 5) is 19.9. The number of fused-ring (bicyclic) bond motifs is 1. The van der Waals surface area contributed by atoms with Gasteiger partial charge in [-0.2, -0.15) is 0 Å². The van der Waals surface area contributed by atoms with Gasteiger partial charge in [-0.25, -0.2) is 18.2 Å². The lowest BCUT2D eigenvalue weighted by atomic mass is 9.77. The molecule has 6 nitrogen and oxygen atoms in total. The van der Waals surface area contributed by atoms with Gasteiger partial charge in [-0.15, -0.1) is 0 Å². The summed E-state index contributed by atoms with van der Waals surface area (Å²) >= 11 is 0. The molecule has 9 heteroatoms. The number of carboxylic acid groups (broad SMARTS) is 1. The summed E-state index contributed by atoms with van der Waals surface area (Å²) < 4.78 is 42.0. The van der Waals surface area contributed by atoms with E-state index in [1.165, 1.54) is 5.56 Å². The van der Waals surface area contributed by atoms with Crippen LogP contribution in [0.25, 0.3) is 0 Å². The molecule has 2 aliphatic heterocycles. The molecular weight excluding hydrogens is 493 g/mol. The van der Waals surface area contributed by atoms with Crippen molar-refractivity contribution in [3.63, 3.8) is 0 Å². The van der Waals surface area contributed by atoms with Crippen LogP contribution in [0.15, 0.2) is 30.5 Å². The minimum absolute atomic E-state index is 0.0386. The topological polar surface area (TPSA) is 78.4 Å². The molecule has 1 saturated carbocycles. The van der Waals surface area contributed by atoms with Crippen molar-refractivity contribution in [2.45, 2.75) is 88.8 Å². The largest absolute Gasteiger partial charge is 0.483 e. The van der Waals surface area contributed by atoms with E-state index in [2.05, 4.69) is 34.3 Å². The van der Waals surface area contributed by atoms with Crippen LogP contribution in [-0.4, -0.2) is 58.2 Å². The first kappa shape index (κ1) is 28.3. The molecule has 2 fully saturated rings. The average molecular weight is 533 g/mol. The first-order valence-corrected chi connectivity index (χ1v) is 13.8. The molecule has 0 amide bonds. The summed E-state index contributed by atoms with van der Waals surface area (Å²) in [5.74, 6) is -1.66. The Kier molecular flexibility index (Phi) is 9.63. The van der Waals surface area contributed by atoms with Crippen LogP contribution < -0.4 is 5.32 Å². The zero-order valence-corrected chi connectivity index (χ0v) is 22.1. The maximum Gasteiger partial charge on any atom is 0.290 e. The minimum Gasteiger partial charge on any atom is -0.483 e. The van der Waals surface area contributed by atoms with Crippen LogP contribution >= 0.6 is 0 Å².